The zero-order valence-electron chi connectivity index (χ0n) is 18.2. The highest BCUT2D eigenvalue weighted by atomic mass is 16.7. The number of fused-ring (bicyclic) bond motifs is 6. The molecule has 1 atom stereocenters. The fourth-order valence-electron chi connectivity index (χ4n) is 4.63. The number of pyridine rings is 2. The number of carbonyl (C=O) groups excluding carboxylic acids is 1. The van der Waals surface area contributed by atoms with Crippen molar-refractivity contribution in [1.82, 2.24) is 9.55 Å². The number of aryl methyl sites for hydroxylation is 1. The molecule has 0 amide bonds. The summed E-state index contributed by atoms with van der Waals surface area (Å²) in [7, 11) is 0. The minimum Gasteiger partial charge on any atom is -0.458 e. The molecular weight excluding hydrogens is 412 g/mol. The molecule has 2 aromatic heterocycles. The molecule has 3 aromatic rings. The number of benzene rings is 1. The van der Waals surface area contributed by atoms with Gasteiger partial charge < -0.3 is 23.9 Å². The van der Waals surface area contributed by atoms with Crippen LogP contribution < -0.4 is 15.0 Å². The minimum atomic E-state index is -1.46. The third kappa shape index (κ3) is 2.82. The van der Waals surface area contributed by atoms with Gasteiger partial charge in [-0.15, -0.1) is 0 Å². The molecule has 0 fully saturated rings. The van der Waals surface area contributed by atoms with Crippen LogP contribution in [0.3, 0.4) is 0 Å². The molecule has 1 unspecified atom stereocenters. The Balaban J connectivity index is 0.00000105. The van der Waals surface area contributed by atoms with E-state index in [-0.39, 0.29) is 19.0 Å². The van der Waals surface area contributed by atoms with E-state index in [1.54, 1.807) is 10.6 Å². The summed E-state index contributed by atoms with van der Waals surface area (Å²) in [5.41, 5.74) is 4.57. The Morgan fingerprint density at radius 1 is 1.09 bits per heavy atom. The number of ether oxygens (including phenoxy) is 3. The summed E-state index contributed by atoms with van der Waals surface area (Å²) in [5, 5.41) is 11.3. The molecule has 5 heterocycles. The fraction of sp³-hybridized carbons (Fsp3) is 0.375. The maximum Gasteiger partial charge on any atom is 0.340 e. The van der Waals surface area contributed by atoms with Gasteiger partial charge in [0.2, 0.25) is 6.79 Å². The van der Waals surface area contributed by atoms with E-state index in [0.29, 0.717) is 40.6 Å². The van der Waals surface area contributed by atoms with Crippen molar-refractivity contribution in [2.75, 3.05) is 6.79 Å². The van der Waals surface area contributed by atoms with Crippen molar-refractivity contribution < 1.29 is 24.1 Å². The van der Waals surface area contributed by atoms with Gasteiger partial charge in [-0.25, -0.2) is 9.78 Å². The van der Waals surface area contributed by atoms with Crippen molar-refractivity contribution in [3.8, 4) is 22.9 Å². The lowest BCUT2D eigenvalue weighted by atomic mass is 9.96. The molecule has 8 heteroatoms. The van der Waals surface area contributed by atoms with E-state index in [0.717, 1.165) is 34.9 Å². The lowest BCUT2D eigenvalue weighted by molar-refractivity contribution is -0.157. The van der Waals surface area contributed by atoms with E-state index in [2.05, 4.69) is 6.92 Å². The van der Waals surface area contributed by atoms with Crippen LogP contribution in [-0.4, -0.2) is 27.4 Å². The number of nitrogens with zero attached hydrogens (tertiary/aromatic N) is 2. The second kappa shape index (κ2) is 7.63. The second-order valence-corrected chi connectivity index (χ2v) is 7.76. The van der Waals surface area contributed by atoms with Gasteiger partial charge in [0.15, 0.2) is 17.6 Å². The van der Waals surface area contributed by atoms with Gasteiger partial charge in [0, 0.05) is 22.6 Å². The number of esters is 1. The van der Waals surface area contributed by atoms with Gasteiger partial charge >= 0.3 is 5.97 Å². The molecule has 6 rings (SSSR count). The Morgan fingerprint density at radius 2 is 1.84 bits per heavy atom. The number of aromatic nitrogens is 2. The van der Waals surface area contributed by atoms with Crippen LogP contribution in [0.5, 0.6) is 11.5 Å². The molecule has 8 nitrogen and oxygen atoms in total. The lowest BCUT2D eigenvalue weighted by Gasteiger charge is -2.21. The predicted octanol–water partition coefficient (Wildman–Crippen LogP) is 3.22. The van der Waals surface area contributed by atoms with Crippen LogP contribution in [0.25, 0.3) is 22.3 Å². The van der Waals surface area contributed by atoms with E-state index < -0.39 is 12.1 Å². The van der Waals surface area contributed by atoms with E-state index in [1.807, 2.05) is 26.0 Å². The third-order valence-corrected chi connectivity index (χ3v) is 6.07. The molecule has 0 saturated heterocycles. The molecule has 0 aliphatic carbocycles. The summed E-state index contributed by atoms with van der Waals surface area (Å²) in [5.74, 6) is 0.607. The molecule has 3 aliphatic rings. The highest BCUT2D eigenvalue weighted by Crippen LogP contribution is 2.42. The molecule has 0 bridgehead atoms. The van der Waals surface area contributed by atoms with Crippen LogP contribution in [0.1, 0.15) is 55.5 Å². The Labute approximate surface area is 184 Å². The van der Waals surface area contributed by atoms with Gasteiger partial charge in [0.25, 0.3) is 5.56 Å². The molecule has 1 aromatic carbocycles. The zero-order valence-corrected chi connectivity index (χ0v) is 18.2. The van der Waals surface area contributed by atoms with Gasteiger partial charge in [-0.3, -0.25) is 4.79 Å². The van der Waals surface area contributed by atoms with Crippen LogP contribution in [0.4, 0.5) is 0 Å². The highest BCUT2D eigenvalue weighted by molar-refractivity contribution is 5.91. The van der Waals surface area contributed by atoms with Crippen LogP contribution in [0.15, 0.2) is 23.0 Å². The first kappa shape index (κ1) is 20.5. The van der Waals surface area contributed by atoms with Crippen LogP contribution >= 0.6 is 0 Å². The van der Waals surface area contributed by atoms with Crippen molar-refractivity contribution in [2.45, 2.75) is 52.9 Å². The molecule has 3 aliphatic heterocycles. The SMILES string of the molecule is CC.CCCc1c2c(nc3cc4c(cc13)OCO4)-c1cc3c(c(=O)n1C2)COC(=O)C3O. The van der Waals surface area contributed by atoms with Gasteiger partial charge in [-0.1, -0.05) is 27.2 Å². The molecule has 166 valence electrons. The van der Waals surface area contributed by atoms with Gasteiger partial charge in [-0.2, -0.15) is 0 Å². The van der Waals surface area contributed by atoms with Crippen molar-refractivity contribution in [3.05, 3.63) is 50.8 Å². The first-order valence-corrected chi connectivity index (χ1v) is 10.9. The first-order valence-electron chi connectivity index (χ1n) is 10.9. The first-order chi connectivity index (χ1) is 15.6. The van der Waals surface area contributed by atoms with Crippen molar-refractivity contribution in [2.24, 2.45) is 0 Å². The standard InChI is InChI=1S/C22H18N2O6.C2H6/c1-2-3-10-11-5-17-18(30-9-29-17)6-15(11)23-19-13(10)7-24-16(19)4-12-14(21(24)26)8-28-22(27)20(12)25;1-2/h4-6,20,25H,2-3,7-9H2,1H3;1-2H3. The summed E-state index contributed by atoms with van der Waals surface area (Å²) in [4.78, 5) is 29.8. The molecule has 0 spiro atoms. The number of hydrogen-bond donors (Lipinski definition) is 1. The van der Waals surface area contributed by atoms with E-state index >= 15 is 0 Å². The Morgan fingerprint density at radius 3 is 2.59 bits per heavy atom. The number of rotatable bonds is 2. The van der Waals surface area contributed by atoms with Crippen molar-refractivity contribution in [1.29, 1.82) is 0 Å². The van der Waals surface area contributed by atoms with Crippen LogP contribution in [0.2, 0.25) is 0 Å². The average molecular weight is 436 g/mol. The Hall–Kier alpha value is -3.39. The number of carbonyl (C=O) groups is 1. The van der Waals surface area contributed by atoms with Gasteiger partial charge in [-0.05, 0) is 24.1 Å². The predicted molar refractivity (Wildman–Crippen MR) is 117 cm³/mol. The molecule has 0 saturated carbocycles. The lowest BCUT2D eigenvalue weighted by Crippen LogP contribution is -2.32. The third-order valence-electron chi connectivity index (χ3n) is 6.07. The number of cyclic esters (lactones) is 1. The minimum absolute atomic E-state index is 0.126. The van der Waals surface area contributed by atoms with Crippen LogP contribution in [-0.2, 0) is 29.1 Å². The Bertz CT molecular complexity index is 1330. The Kier molecular flexibility index (Phi) is 4.89. The largest absolute Gasteiger partial charge is 0.458 e. The van der Waals surface area contributed by atoms with Crippen molar-refractivity contribution >= 4 is 16.9 Å². The summed E-state index contributed by atoms with van der Waals surface area (Å²) in [6.07, 6.45) is 0.303. The second-order valence-electron chi connectivity index (χ2n) is 7.76. The monoisotopic (exact) mass is 436 g/mol. The summed E-state index contributed by atoms with van der Waals surface area (Å²) in [6.45, 7) is 6.57. The van der Waals surface area contributed by atoms with Gasteiger partial charge in [0.1, 0.15) is 6.61 Å². The maximum atomic E-state index is 13.1. The fourth-order valence-corrected chi connectivity index (χ4v) is 4.63. The highest BCUT2D eigenvalue weighted by Gasteiger charge is 2.34. The molecular formula is C24H24N2O6. The number of aliphatic hydroxyl groups excluding tert-OH is 1. The van der Waals surface area contributed by atoms with E-state index in [1.165, 1.54) is 0 Å². The van der Waals surface area contributed by atoms with E-state index in [4.69, 9.17) is 19.2 Å². The molecule has 1 N–H and O–H groups in total. The van der Waals surface area contributed by atoms with Crippen LogP contribution in [0, 0.1) is 0 Å². The summed E-state index contributed by atoms with van der Waals surface area (Å²) in [6, 6.07) is 5.53. The van der Waals surface area contributed by atoms with E-state index in [9.17, 15) is 14.7 Å². The van der Waals surface area contributed by atoms with Crippen molar-refractivity contribution in [3.63, 3.8) is 0 Å². The molecule has 0 radical (unpaired) electrons. The summed E-state index contributed by atoms with van der Waals surface area (Å²) < 4.78 is 17.7. The maximum absolute atomic E-state index is 13.1. The number of hydrogen-bond acceptors (Lipinski definition) is 7. The molecule has 32 heavy (non-hydrogen) atoms. The zero-order chi connectivity index (χ0) is 22.6. The number of aliphatic hydroxyl groups is 1. The quantitative estimate of drug-likeness (QED) is 0.482. The average Bonchev–Trinajstić information content (AvgIpc) is 3.41. The smallest absolute Gasteiger partial charge is 0.340 e. The normalized spacial score (nSPS) is 17.2. The van der Waals surface area contributed by atoms with Gasteiger partial charge in [0.05, 0.1) is 29.0 Å². The summed E-state index contributed by atoms with van der Waals surface area (Å²) >= 11 is 0. The topological polar surface area (TPSA) is 99.9 Å².